The van der Waals surface area contributed by atoms with E-state index in [0.29, 0.717) is 6.61 Å². The number of aliphatic imine (C=N–C) groups is 1. The average molecular weight is 303 g/mol. The number of ether oxygens (including phenoxy) is 1. The maximum atomic E-state index is 9.29. The Labute approximate surface area is 135 Å². The van der Waals surface area contributed by atoms with Crippen LogP contribution in [0.5, 0.6) is 11.5 Å². The molecule has 0 aliphatic heterocycles. The third kappa shape index (κ3) is 4.20. The average Bonchev–Trinajstić information content (AvgIpc) is 2.61. The first kappa shape index (κ1) is 14.9. The lowest BCUT2D eigenvalue weighted by Gasteiger charge is -2.08. The lowest BCUT2D eigenvalue weighted by Crippen LogP contribution is -1.97. The highest BCUT2D eigenvalue weighted by molar-refractivity contribution is 5.85. The van der Waals surface area contributed by atoms with Gasteiger partial charge in [0.15, 0.2) is 0 Å². The Morgan fingerprint density at radius 3 is 2.30 bits per heavy atom. The number of rotatable bonds is 5. The third-order valence-electron chi connectivity index (χ3n) is 3.36. The summed E-state index contributed by atoms with van der Waals surface area (Å²) in [4.78, 5) is 4.42. The molecule has 3 aromatic carbocycles. The molecule has 0 radical (unpaired) electrons. The molecule has 0 unspecified atom stereocenters. The third-order valence-corrected chi connectivity index (χ3v) is 3.36. The fourth-order valence-electron chi connectivity index (χ4n) is 2.14. The van der Waals surface area contributed by atoms with Crippen LogP contribution < -0.4 is 4.74 Å². The van der Waals surface area contributed by atoms with Crippen LogP contribution in [0.1, 0.15) is 11.1 Å². The lowest BCUT2D eigenvalue weighted by atomic mass is 10.2. The Kier molecular flexibility index (Phi) is 4.69. The van der Waals surface area contributed by atoms with Crippen LogP contribution in [-0.4, -0.2) is 11.3 Å². The van der Waals surface area contributed by atoms with E-state index in [1.165, 1.54) is 0 Å². The molecule has 0 aliphatic rings. The van der Waals surface area contributed by atoms with Gasteiger partial charge in [0.05, 0.1) is 5.69 Å². The molecule has 3 heteroatoms. The van der Waals surface area contributed by atoms with E-state index in [2.05, 4.69) is 4.99 Å². The van der Waals surface area contributed by atoms with Crippen molar-refractivity contribution < 1.29 is 9.84 Å². The van der Waals surface area contributed by atoms with Gasteiger partial charge in [0, 0.05) is 11.8 Å². The van der Waals surface area contributed by atoms with Crippen LogP contribution in [0, 0.1) is 0 Å². The predicted molar refractivity (Wildman–Crippen MR) is 92.6 cm³/mol. The van der Waals surface area contributed by atoms with Crippen molar-refractivity contribution in [3.05, 3.63) is 90.0 Å². The second-order valence-electron chi connectivity index (χ2n) is 5.09. The Balaban J connectivity index is 1.73. The normalized spacial score (nSPS) is 10.8. The maximum Gasteiger partial charge on any atom is 0.128 e. The minimum absolute atomic E-state index is 0.232. The van der Waals surface area contributed by atoms with Crippen molar-refractivity contribution in [1.29, 1.82) is 0 Å². The first-order valence-corrected chi connectivity index (χ1v) is 7.40. The highest BCUT2D eigenvalue weighted by Crippen LogP contribution is 2.20. The Morgan fingerprint density at radius 1 is 0.826 bits per heavy atom. The van der Waals surface area contributed by atoms with E-state index >= 15 is 0 Å². The Morgan fingerprint density at radius 2 is 1.52 bits per heavy atom. The molecular weight excluding hydrogens is 286 g/mol. The molecule has 0 aromatic heterocycles. The summed E-state index contributed by atoms with van der Waals surface area (Å²) in [6.07, 6.45) is 1.77. The summed E-state index contributed by atoms with van der Waals surface area (Å²) in [7, 11) is 0. The van der Waals surface area contributed by atoms with Gasteiger partial charge in [0.25, 0.3) is 0 Å². The summed E-state index contributed by atoms with van der Waals surface area (Å²) in [5.41, 5.74) is 2.81. The van der Waals surface area contributed by atoms with Crippen molar-refractivity contribution in [2.45, 2.75) is 6.61 Å². The monoisotopic (exact) mass is 303 g/mol. The van der Waals surface area contributed by atoms with E-state index in [1.54, 1.807) is 30.5 Å². The molecule has 3 rings (SSSR count). The summed E-state index contributed by atoms with van der Waals surface area (Å²) >= 11 is 0. The second-order valence-corrected chi connectivity index (χ2v) is 5.09. The number of aromatic hydroxyl groups is 1. The minimum atomic E-state index is 0.232. The molecule has 114 valence electrons. The molecule has 3 aromatic rings. The van der Waals surface area contributed by atoms with Gasteiger partial charge in [-0.2, -0.15) is 0 Å². The number of nitrogens with zero attached hydrogens (tertiary/aromatic N) is 1. The summed E-state index contributed by atoms with van der Waals surface area (Å²) < 4.78 is 5.90. The number of para-hydroxylation sites is 1. The van der Waals surface area contributed by atoms with E-state index in [4.69, 9.17) is 4.74 Å². The van der Waals surface area contributed by atoms with Crippen LogP contribution >= 0.6 is 0 Å². The van der Waals surface area contributed by atoms with E-state index in [0.717, 1.165) is 22.6 Å². The fraction of sp³-hybridized carbons (Fsp3) is 0.0500. The van der Waals surface area contributed by atoms with Crippen molar-refractivity contribution in [2.24, 2.45) is 4.99 Å². The molecule has 3 nitrogen and oxygen atoms in total. The number of phenolic OH excluding ortho intramolecular Hbond substituents is 1. The topological polar surface area (TPSA) is 41.8 Å². The molecule has 0 aliphatic carbocycles. The van der Waals surface area contributed by atoms with Crippen LogP contribution in [0.2, 0.25) is 0 Å². The van der Waals surface area contributed by atoms with E-state index in [9.17, 15) is 5.11 Å². The molecule has 0 spiro atoms. The smallest absolute Gasteiger partial charge is 0.128 e. The Hall–Kier alpha value is -3.07. The fourth-order valence-corrected chi connectivity index (χ4v) is 2.14. The largest absolute Gasteiger partial charge is 0.508 e. The van der Waals surface area contributed by atoms with Gasteiger partial charge in [-0.05, 0) is 42.0 Å². The predicted octanol–water partition coefficient (Wildman–Crippen LogP) is 4.72. The minimum Gasteiger partial charge on any atom is -0.508 e. The van der Waals surface area contributed by atoms with Crippen molar-refractivity contribution in [3.8, 4) is 11.5 Å². The summed E-state index contributed by atoms with van der Waals surface area (Å²) in [5.74, 6) is 1.02. The standard InChI is InChI=1S/C20H17NO2/c22-19-12-10-18(11-13-19)21-14-17-8-4-5-9-20(17)23-15-16-6-2-1-3-7-16/h1-14,22H,15H2. The Bertz CT molecular complexity index is 780. The van der Waals surface area contributed by atoms with Gasteiger partial charge < -0.3 is 9.84 Å². The first-order valence-electron chi connectivity index (χ1n) is 7.40. The maximum absolute atomic E-state index is 9.29. The molecule has 0 atom stereocenters. The number of hydrogen-bond donors (Lipinski definition) is 1. The van der Waals surface area contributed by atoms with Gasteiger partial charge >= 0.3 is 0 Å². The van der Waals surface area contributed by atoms with Gasteiger partial charge in [-0.1, -0.05) is 42.5 Å². The highest BCUT2D eigenvalue weighted by atomic mass is 16.5. The number of benzene rings is 3. The zero-order valence-corrected chi connectivity index (χ0v) is 12.6. The second kappa shape index (κ2) is 7.27. The van der Waals surface area contributed by atoms with Gasteiger partial charge in [-0.25, -0.2) is 0 Å². The van der Waals surface area contributed by atoms with Crippen LogP contribution in [0.3, 0.4) is 0 Å². The van der Waals surface area contributed by atoms with Crippen LogP contribution in [0.4, 0.5) is 5.69 Å². The highest BCUT2D eigenvalue weighted by Gasteiger charge is 2.01. The molecule has 0 heterocycles. The van der Waals surface area contributed by atoms with E-state index in [-0.39, 0.29) is 5.75 Å². The lowest BCUT2D eigenvalue weighted by molar-refractivity contribution is 0.306. The molecule has 0 saturated heterocycles. The van der Waals surface area contributed by atoms with Gasteiger partial charge in [-0.3, -0.25) is 4.99 Å². The van der Waals surface area contributed by atoms with E-state index < -0.39 is 0 Å². The molecule has 23 heavy (non-hydrogen) atoms. The zero-order chi connectivity index (χ0) is 15.9. The van der Waals surface area contributed by atoms with Crippen molar-refractivity contribution in [3.63, 3.8) is 0 Å². The van der Waals surface area contributed by atoms with Crippen LogP contribution in [-0.2, 0) is 6.61 Å². The van der Waals surface area contributed by atoms with Gasteiger partial charge in [-0.15, -0.1) is 0 Å². The first-order chi connectivity index (χ1) is 11.3. The van der Waals surface area contributed by atoms with Gasteiger partial charge in [0.2, 0.25) is 0 Å². The molecule has 1 N–H and O–H groups in total. The van der Waals surface area contributed by atoms with Crippen molar-refractivity contribution >= 4 is 11.9 Å². The molecule has 0 fully saturated rings. The summed E-state index contributed by atoms with van der Waals surface area (Å²) in [6, 6.07) is 24.6. The summed E-state index contributed by atoms with van der Waals surface area (Å²) in [6.45, 7) is 0.519. The van der Waals surface area contributed by atoms with Crippen molar-refractivity contribution in [1.82, 2.24) is 0 Å². The quantitative estimate of drug-likeness (QED) is 0.693. The molecular formula is C20H17NO2. The zero-order valence-electron chi connectivity index (χ0n) is 12.6. The van der Waals surface area contributed by atoms with E-state index in [1.807, 2.05) is 54.6 Å². The van der Waals surface area contributed by atoms with Crippen LogP contribution in [0.15, 0.2) is 83.9 Å². The van der Waals surface area contributed by atoms with Gasteiger partial charge in [0.1, 0.15) is 18.1 Å². The number of hydrogen-bond acceptors (Lipinski definition) is 3. The van der Waals surface area contributed by atoms with Crippen LogP contribution in [0.25, 0.3) is 0 Å². The number of phenols is 1. The molecule has 0 amide bonds. The van der Waals surface area contributed by atoms with Crippen molar-refractivity contribution in [2.75, 3.05) is 0 Å². The molecule has 0 bridgehead atoms. The summed E-state index contributed by atoms with van der Waals surface area (Å²) in [5, 5.41) is 9.29. The SMILES string of the molecule is Oc1ccc(N=Cc2ccccc2OCc2ccccc2)cc1. The molecule has 0 saturated carbocycles.